The summed E-state index contributed by atoms with van der Waals surface area (Å²) in [4.78, 5) is 30.6. The first-order valence-corrected chi connectivity index (χ1v) is 8.24. The minimum absolute atomic E-state index is 0.0578. The van der Waals surface area contributed by atoms with Crippen LogP contribution in [0.3, 0.4) is 0 Å². The Kier molecular flexibility index (Phi) is 4.15. The van der Waals surface area contributed by atoms with Crippen LogP contribution in [0.1, 0.15) is 23.6 Å². The summed E-state index contributed by atoms with van der Waals surface area (Å²) in [6, 6.07) is 5.81. The zero-order valence-electron chi connectivity index (χ0n) is 14.4. The summed E-state index contributed by atoms with van der Waals surface area (Å²) in [5, 5.41) is 0. The van der Waals surface area contributed by atoms with Gasteiger partial charge in [-0.25, -0.2) is 0 Å². The average molecular weight is 315 g/mol. The van der Waals surface area contributed by atoms with E-state index in [1.807, 2.05) is 0 Å². The standard InChI is InChI=1S/C18H25N3O2/c1-12-5-6-15(13(2)9-12)10-20-7-8-21-16(11-20)18(23)19(4)14(3)17(21)22/h5-6,9,14,16H,7-8,10-11H2,1-4H3/t14-,16+/m0/s1. The molecule has 3 rings (SSSR count). The molecular formula is C18H25N3O2. The molecule has 0 N–H and O–H groups in total. The highest BCUT2D eigenvalue weighted by atomic mass is 16.2. The molecule has 2 aliphatic rings. The number of hydrogen-bond donors (Lipinski definition) is 0. The fraction of sp³-hybridized carbons (Fsp3) is 0.556. The first-order chi connectivity index (χ1) is 10.9. The van der Waals surface area contributed by atoms with Gasteiger partial charge < -0.3 is 9.80 Å². The Morgan fingerprint density at radius 3 is 2.57 bits per heavy atom. The Balaban J connectivity index is 1.74. The van der Waals surface area contributed by atoms with Crippen molar-refractivity contribution >= 4 is 11.8 Å². The predicted octanol–water partition coefficient (Wildman–Crippen LogP) is 1.18. The molecule has 2 heterocycles. The maximum atomic E-state index is 12.5. The number of likely N-dealkylation sites (N-methyl/N-ethyl adjacent to an activating group) is 1. The third kappa shape index (κ3) is 2.85. The fourth-order valence-corrected chi connectivity index (χ4v) is 3.55. The zero-order valence-corrected chi connectivity index (χ0v) is 14.4. The number of fused-ring (bicyclic) bond motifs is 1. The Labute approximate surface area is 137 Å². The lowest BCUT2D eigenvalue weighted by molar-refractivity contribution is -0.163. The molecule has 2 aliphatic heterocycles. The Morgan fingerprint density at radius 2 is 1.87 bits per heavy atom. The lowest BCUT2D eigenvalue weighted by Crippen LogP contribution is -2.68. The van der Waals surface area contributed by atoms with E-state index in [1.54, 1.807) is 23.8 Å². The van der Waals surface area contributed by atoms with Gasteiger partial charge in [0.2, 0.25) is 11.8 Å². The van der Waals surface area contributed by atoms with E-state index >= 15 is 0 Å². The van der Waals surface area contributed by atoms with Crippen molar-refractivity contribution in [1.82, 2.24) is 14.7 Å². The molecular weight excluding hydrogens is 290 g/mol. The van der Waals surface area contributed by atoms with Gasteiger partial charge in [0.15, 0.2) is 0 Å². The highest BCUT2D eigenvalue weighted by Crippen LogP contribution is 2.22. The third-order valence-electron chi connectivity index (χ3n) is 5.21. The first kappa shape index (κ1) is 16.0. The van der Waals surface area contributed by atoms with Crippen molar-refractivity contribution in [3.05, 3.63) is 34.9 Å². The Hall–Kier alpha value is -1.88. The number of carbonyl (C=O) groups is 2. The van der Waals surface area contributed by atoms with Gasteiger partial charge in [-0.1, -0.05) is 23.8 Å². The topological polar surface area (TPSA) is 43.9 Å². The molecule has 1 aromatic carbocycles. The molecule has 0 spiro atoms. The van der Waals surface area contributed by atoms with Crippen LogP contribution in [0.4, 0.5) is 0 Å². The molecule has 5 nitrogen and oxygen atoms in total. The van der Waals surface area contributed by atoms with E-state index in [0.29, 0.717) is 13.1 Å². The van der Waals surface area contributed by atoms with Crippen LogP contribution in [-0.2, 0) is 16.1 Å². The second-order valence-electron chi connectivity index (χ2n) is 6.84. The van der Waals surface area contributed by atoms with Crippen LogP contribution in [0, 0.1) is 13.8 Å². The van der Waals surface area contributed by atoms with Gasteiger partial charge in [0.25, 0.3) is 0 Å². The molecule has 0 radical (unpaired) electrons. The van der Waals surface area contributed by atoms with Gasteiger partial charge in [-0.3, -0.25) is 14.5 Å². The lowest BCUT2D eigenvalue weighted by Gasteiger charge is -2.47. The number of nitrogens with zero attached hydrogens (tertiary/aromatic N) is 3. The lowest BCUT2D eigenvalue weighted by atomic mass is 10.0. The van der Waals surface area contributed by atoms with Crippen LogP contribution in [0.5, 0.6) is 0 Å². The van der Waals surface area contributed by atoms with E-state index in [0.717, 1.165) is 13.1 Å². The first-order valence-electron chi connectivity index (χ1n) is 8.24. The number of amides is 2. The molecule has 0 aliphatic carbocycles. The van der Waals surface area contributed by atoms with Crippen LogP contribution in [-0.4, -0.2) is 65.3 Å². The minimum atomic E-state index is -0.343. The van der Waals surface area contributed by atoms with E-state index in [9.17, 15) is 9.59 Å². The normalized spacial score (nSPS) is 25.7. The molecule has 0 bridgehead atoms. The van der Waals surface area contributed by atoms with Crippen molar-refractivity contribution in [1.29, 1.82) is 0 Å². The molecule has 0 aromatic heterocycles. The predicted molar refractivity (Wildman–Crippen MR) is 88.9 cm³/mol. The van der Waals surface area contributed by atoms with Crippen molar-refractivity contribution in [2.24, 2.45) is 0 Å². The van der Waals surface area contributed by atoms with Gasteiger partial charge in [0.05, 0.1) is 0 Å². The SMILES string of the molecule is Cc1ccc(CN2CCN3C(=O)[C@H](C)N(C)C(=O)[C@H]3C2)c(C)c1. The Morgan fingerprint density at radius 1 is 1.13 bits per heavy atom. The minimum Gasteiger partial charge on any atom is -0.332 e. The number of piperazine rings is 2. The highest BCUT2D eigenvalue weighted by Gasteiger charge is 2.44. The highest BCUT2D eigenvalue weighted by molar-refractivity contribution is 5.96. The van der Waals surface area contributed by atoms with Crippen LogP contribution < -0.4 is 0 Å². The molecule has 2 fully saturated rings. The Bertz CT molecular complexity index is 643. The monoisotopic (exact) mass is 315 g/mol. The summed E-state index contributed by atoms with van der Waals surface area (Å²) in [5.74, 6) is 0.130. The number of aryl methyl sites for hydroxylation is 2. The van der Waals surface area contributed by atoms with Crippen molar-refractivity contribution < 1.29 is 9.59 Å². The van der Waals surface area contributed by atoms with Crippen LogP contribution in [0.15, 0.2) is 18.2 Å². The largest absolute Gasteiger partial charge is 0.332 e. The summed E-state index contributed by atoms with van der Waals surface area (Å²) in [6.45, 7) is 8.93. The van der Waals surface area contributed by atoms with E-state index < -0.39 is 0 Å². The fourth-order valence-electron chi connectivity index (χ4n) is 3.55. The zero-order chi connectivity index (χ0) is 16.7. The van der Waals surface area contributed by atoms with E-state index in [-0.39, 0.29) is 23.9 Å². The van der Waals surface area contributed by atoms with Crippen molar-refractivity contribution in [2.45, 2.75) is 39.4 Å². The summed E-state index contributed by atoms with van der Waals surface area (Å²) in [5.41, 5.74) is 3.84. The third-order valence-corrected chi connectivity index (χ3v) is 5.21. The van der Waals surface area contributed by atoms with Gasteiger partial charge in [-0.2, -0.15) is 0 Å². The number of hydrogen-bond acceptors (Lipinski definition) is 3. The van der Waals surface area contributed by atoms with Gasteiger partial charge in [-0.15, -0.1) is 0 Å². The van der Waals surface area contributed by atoms with Crippen LogP contribution >= 0.6 is 0 Å². The number of rotatable bonds is 2. The number of carbonyl (C=O) groups excluding carboxylic acids is 2. The van der Waals surface area contributed by atoms with Gasteiger partial charge in [-0.05, 0) is 31.9 Å². The van der Waals surface area contributed by atoms with E-state index in [1.165, 1.54) is 16.7 Å². The summed E-state index contributed by atoms with van der Waals surface area (Å²) >= 11 is 0. The molecule has 2 saturated heterocycles. The molecule has 2 atom stereocenters. The van der Waals surface area contributed by atoms with Crippen molar-refractivity contribution in [3.63, 3.8) is 0 Å². The maximum Gasteiger partial charge on any atom is 0.247 e. The van der Waals surface area contributed by atoms with Gasteiger partial charge in [0.1, 0.15) is 12.1 Å². The molecule has 0 saturated carbocycles. The van der Waals surface area contributed by atoms with Gasteiger partial charge >= 0.3 is 0 Å². The van der Waals surface area contributed by atoms with Crippen molar-refractivity contribution in [3.8, 4) is 0 Å². The van der Waals surface area contributed by atoms with Gasteiger partial charge in [0, 0.05) is 33.2 Å². The van der Waals surface area contributed by atoms with Crippen LogP contribution in [0.25, 0.3) is 0 Å². The number of benzene rings is 1. The average Bonchev–Trinajstić information content (AvgIpc) is 2.53. The molecule has 23 heavy (non-hydrogen) atoms. The second-order valence-corrected chi connectivity index (χ2v) is 6.84. The van der Waals surface area contributed by atoms with Crippen molar-refractivity contribution in [2.75, 3.05) is 26.7 Å². The summed E-state index contributed by atoms with van der Waals surface area (Å²) < 4.78 is 0. The van der Waals surface area contributed by atoms with E-state index in [4.69, 9.17) is 0 Å². The summed E-state index contributed by atoms with van der Waals surface area (Å²) in [7, 11) is 1.73. The molecule has 1 aromatic rings. The maximum absolute atomic E-state index is 12.5. The van der Waals surface area contributed by atoms with Crippen LogP contribution in [0.2, 0.25) is 0 Å². The molecule has 2 amide bonds. The molecule has 0 unspecified atom stereocenters. The molecule has 5 heteroatoms. The second kappa shape index (κ2) is 5.96. The summed E-state index contributed by atoms with van der Waals surface area (Å²) in [6.07, 6.45) is 0. The quantitative estimate of drug-likeness (QED) is 0.823. The smallest absolute Gasteiger partial charge is 0.247 e. The van der Waals surface area contributed by atoms with E-state index in [2.05, 4.69) is 36.9 Å². The molecule has 124 valence electrons.